The topological polar surface area (TPSA) is 63.2 Å². The van der Waals surface area contributed by atoms with Crippen LogP contribution >= 0.6 is 24.8 Å². The van der Waals surface area contributed by atoms with E-state index in [0.717, 1.165) is 31.7 Å². The van der Waals surface area contributed by atoms with Gasteiger partial charge in [0.2, 0.25) is 11.8 Å². The van der Waals surface area contributed by atoms with Crippen molar-refractivity contribution >= 4 is 36.4 Å². The Hall–Kier alpha value is -1.82. The minimum atomic E-state index is 0. The standard InChI is InChI=1S/C17H19N3O2.2ClH/c21-17(13-8-10-18-11-9-13)20-14-6-7-16(19-12-14)22-15-4-2-1-3-5-15;;/h1-7,12-13,18H,8-11H2,(H,20,21);2*1H. The fraction of sp³-hybridized carbons (Fsp3) is 0.294. The van der Waals surface area contributed by atoms with Crippen LogP contribution in [-0.2, 0) is 4.79 Å². The highest BCUT2D eigenvalue weighted by molar-refractivity contribution is 5.92. The number of carbonyl (C=O) groups is 1. The summed E-state index contributed by atoms with van der Waals surface area (Å²) in [4.78, 5) is 16.4. The number of piperidine rings is 1. The van der Waals surface area contributed by atoms with Crippen LogP contribution in [-0.4, -0.2) is 24.0 Å². The largest absolute Gasteiger partial charge is 0.439 e. The molecule has 5 nitrogen and oxygen atoms in total. The number of pyridine rings is 1. The molecule has 7 heteroatoms. The maximum absolute atomic E-state index is 12.1. The van der Waals surface area contributed by atoms with Crippen molar-refractivity contribution < 1.29 is 9.53 Å². The Morgan fingerprint density at radius 3 is 2.42 bits per heavy atom. The molecule has 0 bridgehead atoms. The monoisotopic (exact) mass is 369 g/mol. The van der Waals surface area contributed by atoms with Crippen molar-refractivity contribution in [2.45, 2.75) is 12.8 Å². The van der Waals surface area contributed by atoms with Gasteiger partial charge in [0.15, 0.2) is 0 Å². The van der Waals surface area contributed by atoms with Gasteiger partial charge >= 0.3 is 0 Å². The Morgan fingerprint density at radius 1 is 1.08 bits per heavy atom. The Morgan fingerprint density at radius 2 is 1.79 bits per heavy atom. The highest BCUT2D eigenvalue weighted by Gasteiger charge is 2.20. The summed E-state index contributed by atoms with van der Waals surface area (Å²) in [5, 5.41) is 6.17. The number of anilines is 1. The molecule has 0 aliphatic carbocycles. The minimum absolute atomic E-state index is 0. The third-order valence-electron chi connectivity index (χ3n) is 3.68. The molecule has 1 aromatic heterocycles. The first-order chi connectivity index (χ1) is 10.8. The average molecular weight is 370 g/mol. The maximum Gasteiger partial charge on any atom is 0.227 e. The molecule has 2 heterocycles. The Balaban J connectivity index is 0.00000144. The summed E-state index contributed by atoms with van der Waals surface area (Å²) in [5.41, 5.74) is 0.698. The van der Waals surface area contributed by atoms with E-state index in [0.29, 0.717) is 11.6 Å². The van der Waals surface area contributed by atoms with Crippen LogP contribution in [0.5, 0.6) is 11.6 Å². The summed E-state index contributed by atoms with van der Waals surface area (Å²) < 4.78 is 5.62. The number of benzene rings is 1. The number of hydrogen-bond donors (Lipinski definition) is 2. The van der Waals surface area contributed by atoms with Crippen LogP contribution in [0.4, 0.5) is 5.69 Å². The molecule has 1 saturated heterocycles. The van der Waals surface area contributed by atoms with Gasteiger partial charge in [0.05, 0.1) is 11.9 Å². The van der Waals surface area contributed by atoms with Crippen LogP contribution in [0.25, 0.3) is 0 Å². The fourth-order valence-electron chi connectivity index (χ4n) is 2.45. The predicted octanol–water partition coefficient (Wildman–Crippen LogP) is 3.66. The fourth-order valence-corrected chi connectivity index (χ4v) is 2.45. The number of rotatable bonds is 4. The third kappa shape index (κ3) is 5.67. The summed E-state index contributed by atoms with van der Waals surface area (Å²) in [6.45, 7) is 1.81. The van der Waals surface area contributed by atoms with Gasteiger partial charge in [0.1, 0.15) is 5.75 Å². The summed E-state index contributed by atoms with van der Waals surface area (Å²) in [6.07, 6.45) is 3.39. The van der Waals surface area contributed by atoms with E-state index in [9.17, 15) is 4.79 Å². The molecule has 130 valence electrons. The molecule has 0 spiro atoms. The van der Waals surface area contributed by atoms with Crippen LogP contribution in [0.2, 0.25) is 0 Å². The number of amides is 1. The first kappa shape index (κ1) is 20.2. The smallest absolute Gasteiger partial charge is 0.227 e. The molecule has 0 radical (unpaired) electrons. The lowest BCUT2D eigenvalue weighted by molar-refractivity contribution is -0.120. The minimum Gasteiger partial charge on any atom is -0.439 e. The lowest BCUT2D eigenvalue weighted by Crippen LogP contribution is -2.34. The second kappa shape index (κ2) is 10.1. The van der Waals surface area contributed by atoms with E-state index in [-0.39, 0.29) is 36.6 Å². The van der Waals surface area contributed by atoms with Gasteiger partial charge in [0.25, 0.3) is 0 Å². The van der Waals surface area contributed by atoms with Crippen LogP contribution in [0.3, 0.4) is 0 Å². The second-order valence-electron chi connectivity index (χ2n) is 5.31. The van der Waals surface area contributed by atoms with Crippen LogP contribution in [0.15, 0.2) is 48.7 Å². The van der Waals surface area contributed by atoms with Crippen molar-refractivity contribution in [3.8, 4) is 11.6 Å². The van der Waals surface area contributed by atoms with E-state index < -0.39 is 0 Å². The lowest BCUT2D eigenvalue weighted by Gasteiger charge is -2.21. The van der Waals surface area contributed by atoms with E-state index in [2.05, 4.69) is 15.6 Å². The zero-order valence-corrected chi connectivity index (χ0v) is 14.7. The average Bonchev–Trinajstić information content (AvgIpc) is 2.58. The number of nitrogens with one attached hydrogen (secondary N) is 2. The van der Waals surface area contributed by atoms with Gasteiger partial charge in [-0.25, -0.2) is 4.98 Å². The molecule has 0 unspecified atom stereocenters. The van der Waals surface area contributed by atoms with Gasteiger partial charge in [-0.05, 0) is 44.1 Å². The van der Waals surface area contributed by atoms with E-state index in [4.69, 9.17) is 4.74 Å². The summed E-state index contributed by atoms with van der Waals surface area (Å²) in [7, 11) is 0. The molecule has 1 fully saturated rings. The Labute approximate surface area is 154 Å². The molecule has 1 aromatic carbocycles. The molecule has 0 saturated carbocycles. The zero-order chi connectivity index (χ0) is 15.2. The molecule has 2 N–H and O–H groups in total. The quantitative estimate of drug-likeness (QED) is 0.862. The molecular weight excluding hydrogens is 349 g/mol. The van der Waals surface area contributed by atoms with Crippen molar-refractivity contribution in [3.63, 3.8) is 0 Å². The molecular formula is C17H21Cl2N3O2. The molecule has 1 aliphatic rings. The normalized spacial score (nSPS) is 14.0. The molecule has 1 aliphatic heterocycles. The number of aromatic nitrogens is 1. The number of para-hydroxylation sites is 1. The molecule has 24 heavy (non-hydrogen) atoms. The first-order valence-corrected chi connectivity index (χ1v) is 7.52. The Bertz CT molecular complexity index is 617. The van der Waals surface area contributed by atoms with Crippen LogP contribution in [0, 0.1) is 5.92 Å². The molecule has 1 amide bonds. The van der Waals surface area contributed by atoms with E-state index >= 15 is 0 Å². The van der Waals surface area contributed by atoms with Crippen LogP contribution < -0.4 is 15.4 Å². The van der Waals surface area contributed by atoms with Gasteiger partial charge in [0, 0.05) is 12.0 Å². The number of hydrogen-bond acceptors (Lipinski definition) is 4. The van der Waals surface area contributed by atoms with Crippen LogP contribution in [0.1, 0.15) is 12.8 Å². The van der Waals surface area contributed by atoms with E-state index in [1.165, 1.54) is 0 Å². The summed E-state index contributed by atoms with van der Waals surface area (Å²) >= 11 is 0. The second-order valence-corrected chi connectivity index (χ2v) is 5.31. The van der Waals surface area contributed by atoms with E-state index in [1.54, 1.807) is 12.3 Å². The highest BCUT2D eigenvalue weighted by atomic mass is 35.5. The summed E-state index contributed by atoms with van der Waals surface area (Å²) in [6, 6.07) is 13.0. The third-order valence-corrected chi connectivity index (χ3v) is 3.68. The van der Waals surface area contributed by atoms with Crippen molar-refractivity contribution in [1.29, 1.82) is 0 Å². The first-order valence-electron chi connectivity index (χ1n) is 7.52. The van der Waals surface area contributed by atoms with Crippen molar-refractivity contribution in [2.24, 2.45) is 5.92 Å². The van der Waals surface area contributed by atoms with Gasteiger partial charge in [-0.15, -0.1) is 24.8 Å². The predicted molar refractivity (Wildman–Crippen MR) is 99.5 cm³/mol. The summed E-state index contributed by atoms with van der Waals surface area (Å²) in [5.74, 6) is 1.40. The number of halogens is 2. The molecule has 3 rings (SSSR count). The van der Waals surface area contributed by atoms with Gasteiger partial charge < -0.3 is 15.4 Å². The zero-order valence-electron chi connectivity index (χ0n) is 13.1. The van der Waals surface area contributed by atoms with Crippen molar-refractivity contribution in [2.75, 3.05) is 18.4 Å². The lowest BCUT2D eigenvalue weighted by atomic mass is 9.97. The highest BCUT2D eigenvalue weighted by Crippen LogP contribution is 2.20. The van der Waals surface area contributed by atoms with Crippen molar-refractivity contribution in [3.05, 3.63) is 48.7 Å². The SMILES string of the molecule is Cl.Cl.O=C(Nc1ccc(Oc2ccccc2)nc1)C1CCNCC1. The number of ether oxygens (including phenoxy) is 1. The molecule has 2 aromatic rings. The van der Waals surface area contributed by atoms with Gasteiger partial charge in [-0.2, -0.15) is 0 Å². The number of nitrogens with zero attached hydrogens (tertiary/aromatic N) is 1. The maximum atomic E-state index is 12.1. The van der Waals surface area contributed by atoms with E-state index in [1.807, 2.05) is 36.4 Å². The van der Waals surface area contributed by atoms with Gasteiger partial charge in [-0.1, -0.05) is 18.2 Å². The van der Waals surface area contributed by atoms with Gasteiger partial charge in [-0.3, -0.25) is 4.79 Å². The van der Waals surface area contributed by atoms with Crippen molar-refractivity contribution in [1.82, 2.24) is 10.3 Å². The molecule has 0 atom stereocenters. The number of carbonyl (C=O) groups excluding carboxylic acids is 1. The Kier molecular flexibility index (Phi) is 8.54.